The van der Waals surface area contributed by atoms with Crippen LogP contribution in [-0.4, -0.2) is 55.2 Å². The molecule has 0 aliphatic carbocycles. The summed E-state index contributed by atoms with van der Waals surface area (Å²) in [4.78, 5) is 0. The average Bonchev–Trinajstić information content (AvgIpc) is 1.84. The van der Waals surface area contributed by atoms with E-state index in [1.54, 1.807) is 0 Å². The molecule has 0 saturated carbocycles. The van der Waals surface area contributed by atoms with Crippen LogP contribution in [-0.2, 0) is 0 Å². The topological polar surface area (TPSA) is 9.72 Å². The minimum Gasteiger partial charge on any atom is -0.243 e. The number of thiol groups is 1. The second-order valence-corrected chi connectivity index (χ2v) is 7.57. The lowest BCUT2D eigenvalue weighted by Crippen LogP contribution is -2.36. The van der Waals surface area contributed by atoms with E-state index in [1.165, 1.54) is 0 Å². The molecule has 70 valence electrons. The third kappa shape index (κ3) is 2.26. The van der Waals surface area contributed by atoms with Crippen molar-refractivity contribution in [1.82, 2.24) is 12.9 Å². The summed E-state index contributed by atoms with van der Waals surface area (Å²) in [6.45, 7) is 0. The summed E-state index contributed by atoms with van der Waals surface area (Å²) in [6, 6.07) is 0. The first-order chi connectivity index (χ1) is 4.83. The van der Waals surface area contributed by atoms with Gasteiger partial charge in [0, 0.05) is 0 Å². The summed E-state index contributed by atoms with van der Waals surface area (Å²) in [5.41, 5.74) is 0. The first-order valence-electron chi connectivity index (χ1n) is 3.41. The molecule has 3 nitrogen and oxygen atoms in total. The predicted molar refractivity (Wildman–Crippen MR) is 57.6 cm³/mol. The summed E-state index contributed by atoms with van der Waals surface area (Å²) >= 11 is 4.66. The molecule has 0 amide bonds. The van der Waals surface area contributed by atoms with Crippen molar-refractivity contribution in [2.75, 3.05) is 42.3 Å². The van der Waals surface area contributed by atoms with Crippen molar-refractivity contribution in [3.05, 3.63) is 0 Å². The minimum atomic E-state index is -1.19. The molecule has 0 unspecified atom stereocenters. The van der Waals surface area contributed by atoms with Crippen LogP contribution in [0.3, 0.4) is 0 Å². The molecule has 0 aliphatic rings. The summed E-state index contributed by atoms with van der Waals surface area (Å²) in [5, 5.41) is 0. The van der Waals surface area contributed by atoms with Crippen LogP contribution in [0, 0.1) is 0 Å². The number of hydrogen-bond acceptors (Lipinski definition) is 4. The maximum atomic E-state index is 4.66. The molecule has 0 N–H and O–H groups in total. The summed E-state index contributed by atoms with van der Waals surface area (Å²) in [6.07, 6.45) is 0. The van der Waals surface area contributed by atoms with Crippen molar-refractivity contribution in [2.45, 2.75) is 0 Å². The Morgan fingerprint density at radius 2 is 0.909 bits per heavy atom. The van der Waals surface area contributed by atoms with Gasteiger partial charge >= 0.3 is 0 Å². The second kappa shape index (κ2) is 4.00. The standard InChI is InChI=1S/C6H19N3S2/c1-7(2)11(10,8(3)4)9(5)6/h10H,1-6H3. The number of hydrogen-bond donors (Lipinski definition) is 1. The third-order valence-electron chi connectivity index (χ3n) is 1.47. The first-order valence-corrected chi connectivity index (χ1v) is 5.97. The highest BCUT2D eigenvalue weighted by Gasteiger charge is 2.26. The quantitative estimate of drug-likeness (QED) is 0.536. The first kappa shape index (κ1) is 11.6. The van der Waals surface area contributed by atoms with Gasteiger partial charge in [0.15, 0.2) is 0 Å². The van der Waals surface area contributed by atoms with Gasteiger partial charge in [0.2, 0.25) is 0 Å². The van der Waals surface area contributed by atoms with Crippen LogP contribution in [0.25, 0.3) is 0 Å². The molecule has 0 atom stereocenters. The monoisotopic (exact) mass is 197 g/mol. The Bertz CT molecular complexity index is 103. The van der Waals surface area contributed by atoms with E-state index in [1.807, 2.05) is 42.3 Å². The van der Waals surface area contributed by atoms with E-state index in [0.29, 0.717) is 0 Å². The molecule has 0 saturated heterocycles. The second-order valence-electron chi connectivity index (χ2n) is 2.93. The molecule has 0 aromatic rings. The number of nitrogens with zero attached hydrogens (tertiary/aromatic N) is 3. The van der Waals surface area contributed by atoms with Gasteiger partial charge in [-0.1, -0.05) is 11.7 Å². The van der Waals surface area contributed by atoms with E-state index in [-0.39, 0.29) is 0 Å². The summed E-state index contributed by atoms with van der Waals surface area (Å²) < 4.78 is 6.41. The highest BCUT2D eigenvalue weighted by atomic mass is 33.1. The summed E-state index contributed by atoms with van der Waals surface area (Å²) in [7, 11) is 11.1. The van der Waals surface area contributed by atoms with Crippen LogP contribution in [0.2, 0.25) is 0 Å². The Kier molecular flexibility index (Phi) is 4.21. The fraction of sp³-hybridized carbons (Fsp3) is 1.00. The highest BCUT2D eigenvalue weighted by molar-refractivity contribution is 8.84. The highest BCUT2D eigenvalue weighted by Crippen LogP contribution is 2.57. The van der Waals surface area contributed by atoms with Gasteiger partial charge in [-0.05, 0) is 51.9 Å². The largest absolute Gasteiger partial charge is 0.243 e. The Morgan fingerprint density at radius 1 is 0.727 bits per heavy atom. The molecule has 11 heavy (non-hydrogen) atoms. The van der Waals surface area contributed by atoms with Gasteiger partial charge in [-0.3, -0.25) is 0 Å². The van der Waals surface area contributed by atoms with Crippen molar-refractivity contribution in [3.63, 3.8) is 0 Å². The minimum absolute atomic E-state index is 1.19. The van der Waals surface area contributed by atoms with Gasteiger partial charge in [0.05, 0.1) is 0 Å². The third-order valence-corrected chi connectivity index (χ3v) is 7.35. The van der Waals surface area contributed by atoms with E-state index in [4.69, 9.17) is 0 Å². The Balaban J connectivity index is 4.53. The van der Waals surface area contributed by atoms with Gasteiger partial charge in [0.1, 0.15) is 0 Å². The van der Waals surface area contributed by atoms with Gasteiger partial charge in [0.25, 0.3) is 0 Å². The van der Waals surface area contributed by atoms with Crippen LogP contribution in [0.15, 0.2) is 0 Å². The fourth-order valence-corrected chi connectivity index (χ4v) is 2.94. The Labute approximate surface area is 76.9 Å². The van der Waals surface area contributed by atoms with Crippen LogP contribution >= 0.6 is 21.3 Å². The molecule has 0 rings (SSSR count). The molecule has 5 heteroatoms. The maximum absolute atomic E-state index is 4.66. The fourth-order valence-electron chi connectivity index (χ4n) is 0.980. The molecule has 0 fully saturated rings. The van der Waals surface area contributed by atoms with E-state index in [0.717, 1.165) is 0 Å². The van der Waals surface area contributed by atoms with Gasteiger partial charge in [-0.25, -0.2) is 12.9 Å². The average molecular weight is 197 g/mol. The van der Waals surface area contributed by atoms with Gasteiger partial charge in [-0.15, -0.1) is 0 Å². The Morgan fingerprint density at radius 3 is 0.909 bits per heavy atom. The van der Waals surface area contributed by atoms with Gasteiger partial charge in [-0.2, -0.15) is 0 Å². The van der Waals surface area contributed by atoms with Crippen molar-refractivity contribution < 1.29 is 0 Å². The Hall–Kier alpha value is 0.580. The van der Waals surface area contributed by atoms with Crippen molar-refractivity contribution in [1.29, 1.82) is 0 Å². The molecule has 0 radical (unpaired) electrons. The molecule has 0 spiro atoms. The molecule has 0 aromatic carbocycles. The molecule has 0 bridgehead atoms. The van der Waals surface area contributed by atoms with Crippen LogP contribution in [0.5, 0.6) is 0 Å². The molecule has 0 heterocycles. The molecule has 0 aliphatic heterocycles. The zero-order valence-corrected chi connectivity index (χ0v) is 9.91. The van der Waals surface area contributed by atoms with E-state index >= 15 is 0 Å². The van der Waals surface area contributed by atoms with Crippen molar-refractivity contribution in [2.24, 2.45) is 0 Å². The normalized spacial score (nSPS) is 15.1. The molecular weight excluding hydrogens is 178 g/mol. The predicted octanol–water partition coefficient (Wildman–Crippen LogP) is 1.07. The maximum Gasteiger partial charge on any atom is -0.00137 e. The van der Waals surface area contributed by atoms with Crippen LogP contribution < -0.4 is 0 Å². The summed E-state index contributed by atoms with van der Waals surface area (Å²) in [5.74, 6) is 0. The van der Waals surface area contributed by atoms with Gasteiger partial charge < -0.3 is 0 Å². The van der Waals surface area contributed by atoms with Crippen LogP contribution in [0.1, 0.15) is 0 Å². The zero-order chi connectivity index (χ0) is 9.23. The van der Waals surface area contributed by atoms with Crippen LogP contribution in [0.4, 0.5) is 0 Å². The van der Waals surface area contributed by atoms with E-state index in [9.17, 15) is 0 Å². The van der Waals surface area contributed by atoms with Crippen molar-refractivity contribution >= 4 is 21.3 Å². The lowest BCUT2D eigenvalue weighted by molar-refractivity contribution is 0.514. The number of rotatable bonds is 3. The SMILES string of the molecule is CN(C)S(S)(N(C)C)N(C)C. The van der Waals surface area contributed by atoms with E-state index < -0.39 is 9.62 Å². The van der Waals surface area contributed by atoms with E-state index in [2.05, 4.69) is 24.6 Å². The lowest BCUT2D eigenvalue weighted by atomic mass is 11.2. The zero-order valence-electron chi connectivity index (χ0n) is 8.20. The molecule has 0 aromatic heterocycles. The lowest BCUT2D eigenvalue weighted by Gasteiger charge is -2.50. The molecular formula is C6H19N3S2. The van der Waals surface area contributed by atoms with Crippen molar-refractivity contribution in [3.8, 4) is 0 Å². The smallest absolute Gasteiger partial charge is 0.00137 e.